The van der Waals surface area contributed by atoms with E-state index in [1.165, 1.54) is 0 Å². The predicted molar refractivity (Wildman–Crippen MR) is 52.5 cm³/mol. The number of aromatic nitrogens is 2. The van der Waals surface area contributed by atoms with E-state index in [0.29, 0.717) is 0 Å². The molecule has 3 heteroatoms. The molecule has 0 bridgehead atoms. The van der Waals surface area contributed by atoms with Crippen LogP contribution in [0.3, 0.4) is 0 Å². The van der Waals surface area contributed by atoms with E-state index in [4.69, 9.17) is 5.11 Å². The number of rotatable bonds is 1. The van der Waals surface area contributed by atoms with Crippen molar-refractivity contribution in [1.29, 1.82) is 0 Å². The fraction of sp³-hybridized carbons (Fsp3) is 0.100. The summed E-state index contributed by atoms with van der Waals surface area (Å²) in [6, 6.07) is 5.48. The Morgan fingerprint density at radius 3 is 3.00 bits per heavy atom. The molecular formula is C10H10N2O. The van der Waals surface area contributed by atoms with Crippen LogP contribution in [0.15, 0.2) is 24.8 Å². The molecule has 0 aliphatic heterocycles. The van der Waals surface area contributed by atoms with Gasteiger partial charge in [-0.25, -0.2) is 4.98 Å². The van der Waals surface area contributed by atoms with Gasteiger partial charge in [0.2, 0.25) is 0 Å². The fourth-order valence-electron chi connectivity index (χ4n) is 1.32. The monoisotopic (exact) mass is 174 g/mol. The highest BCUT2D eigenvalue weighted by Crippen LogP contribution is 2.16. The number of aromatic amines is 1. The Labute approximate surface area is 75.7 Å². The molecule has 66 valence electrons. The molecule has 0 saturated carbocycles. The molecule has 2 N–H and O–H groups in total. The summed E-state index contributed by atoms with van der Waals surface area (Å²) in [5, 5.41) is 9.16. The first-order valence-corrected chi connectivity index (χ1v) is 4.01. The van der Waals surface area contributed by atoms with E-state index in [2.05, 4.69) is 16.5 Å². The average Bonchev–Trinajstić information content (AvgIpc) is 2.42. The molecule has 0 unspecified atom stereocenters. The summed E-state index contributed by atoms with van der Waals surface area (Å²) in [4.78, 5) is 7.34. The van der Waals surface area contributed by atoms with Crippen LogP contribution in [-0.2, 0) is 0 Å². The van der Waals surface area contributed by atoms with Crippen LogP contribution in [0.5, 0.6) is 0 Å². The summed E-state index contributed by atoms with van der Waals surface area (Å²) in [6.07, 6.45) is 0. The molecule has 13 heavy (non-hydrogen) atoms. The number of hydrogen-bond acceptors (Lipinski definition) is 2. The lowest BCUT2D eigenvalue weighted by atomic mass is 10.2. The van der Waals surface area contributed by atoms with E-state index in [1.807, 2.05) is 19.1 Å². The van der Waals surface area contributed by atoms with Gasteiger partial charge in [0.1, 0.15) is 11.6 Å². The topological polar surface area (TPSA) is 48.9 Å². The van der Waals surface area contributed by atoms with Crippen molar-refractivity contribution >= 4 is 16.8 Å². The number of benzene rings is 1. The van der Waals surface area contributed by atoms with Crippen molar-refractivity contribution in [3.8, 4) is 0 Å². The lowest BCUT2D eigenvalue weighted by molar-refractivity contribution is 0.514. The van der Waals surface area contributed by atoms with E-state index >= 15 is 0 Å². The minimum atomic E-state index is 0.0779. The predicted octanol–water partition coefficient (Wildman–Crippen LogP) is 2.40. The third-order valence-electron chi connectivity index (χ3n) is 1.93. The molecule has 3 nitrogen and oxygen atoms in total. The zero-order valence-electron chi connectivity index (χ0n) is 7.33. The summed E-state index contributed by atoms with van der Waals surface area (Å²) in [5.74, 6) is 0.949. The van der Waals surface area contributed by atoms with Gasteiger partial charge < -0.3 is 10.1 Å². The smallest absolute Gasteiger partial charge is 0.115 e. The molecular weight excluding hydrogens is 164 g/mol. The van der Waals surface area contributed by atoms with E-state index in [0.717, 1.165) is 22.4 Å². The van der Waals surface area contributed by atoms with Crippen LogP contribution in [-0.4, -0.2) is 15.1 Å². The van der Waals surface area contributed by atoms with Gasteiger partial charge in [0, 0.05) is 5.56 Å². The molecule has 0 amide bonds. The molecule has 1 aromatic heterocycles. The second-order valence-electron chi connectivity index (χ2n) is 3.00. The molecule has 2 rings (SSSR count). The minimum Gasteiger partial charge on any atom is -0.508 e. The van der Waals surface area contributed by atoms with Crippen LogP contribution in [0.2, 0.25) is 0 Å². The average molecular weight is 174 g/mol. The molecule has 0 aliphatic rings. The van der Waals surface area contributed by atoms with Crippen LogP contribution in [0.25, 0.3) is 16.8 Å². The number of nitrogens with one attached hydrogen (secondary N) is 1. The Hall–Kier alpha value is -1.77. The van der Waals surface area contributed by atoms with Gasteiger partial charge >= 0.3 is 0 Å². The van der Waals surface area contributed by atoms with Crippen LogP contribution >= 0.6 is 0 Å². The summed E-state index contributed by atoms with van der Waals surface area (Å²) in [6.45, 7) is 5.36. The molecule has 0 atom stereocenters. The fourth-order valence-corrected chi connectivity index (χ4v) is 1.32. The second kappa shape index (κ2) is 2.62. The maximum Gasteiger partial charge on any atom is 0.115 e. The highest BCUT2D eigenvalue weighted by Gasteiger charge is 2.01. The Balaban J connectivity index is 2.67. The van der Waals surface area contributed by atoms with E-state index in [-0.39, 0.29) is 5.76 Å². The molecule has 2 aromatic rings. The minimum absolute atomic E-state index is 0.0779. The third kappa shape index (κ3) is 1.28. The molecule has 0 fully saturated rings. The number of hydrogen-bond donors (Lipinski definition) is 2. The maximum atomic E-state index is 9.16. The molecule has 1 heterocycles. The number of nitrogens with zero attached hydrogens (tertiary/aromatic N) is 1. The highest BCUT2D eigenvalue weighted by molar-refractivity contribution is 5.79. The first-order chi connectivity index (χ1) is 6.16. The van der Waals surface area contributed by atoms with Crippen molar-refractivity contribution in [2.45, 2.75) is 6.92 Å². The van der Waals surface area contributed by atoms with Gasteiger partial charge in [-0.15, -0.1) is 0 Å². The van der Waals surface area contributed by atoms with Crippen molar-refractivity contribution in [2.75, 3.05) is 0 Å². The SMILES string of the molecule is C=C(O)c1ccc2nc(C)[nH]c2c1. The Kier molecular flexibility index (Phi) is 1.59. The van der Waals surface area contributed by atoms with Crippen LogP contribution in [0.1, 0.15) is 11.4 Å². The number of aliphatic hydroxyl groups is 1. The molecule has 0 radical (unpaired) electrons. The molecule has 0 saturated heterocycles. The summed E-state index contributed by atoms with van der Waals surface area (Å²) in [5.41, 5.74) is 2.55. The van der Waals surface area contributed by atoms with Gasteiger partial charge in [-0.2, -0.15) is 0 Å². The molecule has 0 aliphatic carbocycles. The maximum absolute atomic E-state index is 9.16. The number of aryl methyl sites for hydroxylation is 1. The lowest BCUT2D eigenvalue weighted by Crippen LogP contribution is -1.80. The van der Waals surface area contributed by atoms with Gasteiger partial charge in [-0.1, -0.05) is 6.58 Å². The van der Waals surface area contributed by atoms with Crippen LogP contribution in [0.4, 0.5) is 0 Å². The zero-order valence-corrected chi connectivity index (χ0v) is 7.33. The summed E-state index contributed by atoms with van der Waals surface area (Å²) >= 11 is 0. The molecule has 0 spiro atoms. The number of aliphatic hydroxyl groups excluding tert-OH is 1. The van der Waals surface area contributed by atoms with E-state index in [9.17, 15) is 0 Å². The quantitative estimate of drug-likeness (QED) is 0.652. The second-order valence-corrected chi connectivity index (χ2v) is 3.00. The van der Waals surface area contributed by atoms with Gasteiger partial charge in [0.25, 0.3) is 0 Å². The largest absolute Gasteiger partial charge is 0.508 e. The van der Waals surface area contributed by atoms with E-state index < -0.39 is 0 Å². The Bertz CT molecular complexity index is 471. The van der Waals surface area contributed by atoms with Crippen molar-refractivity contribution in [2.24, 2.45) is 0 Å². The van der Waals surface area contributed by atoms with Gasteiger partial charge in [-0.05, 0) is 25.1 Å². The first-order valence-electron chi connectivity index (χ1n) is 4.01. The van der Waals surface area contributed by atoms with Crippen LogP contribution < -0.4 is 0 Å². The summed E-state index contributed by atoms with van der Waals surface area (Å²) < 4.78 is 0. The first kappa shape index (κ1) is 7.86. The lowest BCUT2D eigenvalue weighted by Gasteiger charge is -1.96. The number of H-pyrrole nitrogens is 1. The highest BCUT2D eigenvalue weighted by atomic mass is 16.3. The molecule has 1 aromatic carbocycles. The normalized spacial score (nSPS) is 10.5. The van der Waals surface area contributed by atoms with Gasteiger partial charge in [0.05, 0.1) is 11.0 Å². The third-order valence-corrected chi connectivity index (χ3v) is 1.93. The summed E-state index contributed by atoms with van der Waals surface area (Å²) in [7, 11) is 0. The Morgan fingerprint density at radius 1 is 1.54 bits per heavy atom. The van der Waals surface area contributed by atoms with Crippen molar-refractivity contribution in [3.05, 3.63) is 36.2 Å². The van der Waals surface area contributed by atoms with Gasteiger partial charge in [-0.3, -0.25) is 0 Å². The van der Waals surface area contributed by atoms with Crippen LogP contribution in [0, 0.1) is 6.92 Å². The van der Waals surface area contributed by atoms with Crippen molar-refractivity contribution < 1.29 is 5.11 Å². The van der Waals surface area contributed by atoms with Crippen molar-refractivity contribution in [1.82, 2.24) is 9.97 Å². The standard InChI is InChI=1S/C10H10N2O/c1-6(13)8-3-4-9-10(5-8)12-7(2)11-9/h3-5,13H,1H2,2H3,(H,11,12). The number of fused-ring (bicyclic) bond motifs is 1. The van der Waals surface area contributed by atoms with Gasteiger partial charge in [0.15, 0.2) is 0 Å². The zero-order chi connectivity index (χ0) is 9.42. The number of imidazole rings is 1. The van der Waals surface area contributed by atoms with Crippen molar-refractivity contribution in [3.63, 3.8) is 0 Å². The van der Waals surface area contributed by atoms with E-state index in [1.54, 1.807) is 6.07 Å². The Morgan fingerprint density at radius 2 is 2.31 bits per heavy atom.